The molecule has 1 aliphatic rings. The number of aromatic nitrogens is 1. The first-order valence-corrected chi connectivity index (χ1v) is 13.6. The molecule has 0 unspecified atom stereocenters. The second-order valence-electron chi connectivity index (χ2n) is 10.1. The minimum Gasteiger partial charge on any atom is -0.493 e. The molecule has 212 valence electrons. The van der Waals surface area contributed by atoms with Crippen molar-refractivity contribution in [3.63, 3.8) is 0 Å². The van der Waals surface area contributed by atoms with E-state index in [4.69, 9.17) is 14.2 Å². The maximum absolute atomic E-state index is 13.4. The lowest BCUT2D eigenvalue weighted by Crippen LogP contribution is -2.35. The molecule has 1 heterocycles. The molecule has 4 aromatic rings. The largest absolute Gasteiger partial charge is 0.493 e. The van der Waals surface area contributed by atoms with Gasteiger partial charge in [-0.1, -0.05) is 13.3 Å². The molecule has 3 aromatic carbocycles. The second kappa shape index (κ2) is 11.8. The minimum absolute atomic E-state index is 0.357. The van der Waals surface area contributed by atoms with Crippen molar-refractivity contribution < 1.29 is 28.2 Å². The van der Waals surface area contributed by atoms with E-state index in [0.717, 1.165) is 30.2 Å². The molecule has 1 saturated carbocycles. The van der Waals surface area contributed by atoms with E-state index in [2.05, 4.69) is 22.5 Å². The molecule has 1 aromatic heterocycles. The monoisotopic (exact) mass is 557 g/mol. The van der Waals surface area contributed by atoms with Gasteiger partial charge in [0.15, 0.2) is 11.5 Å². The van der Waals surface area contributed by atoms with Crippen LogP contribution >= 0.6 is 0 Å². The number of aryl methyl sites for hydroxylation is 1. The summed E-state index contributed by atoms with van der Waals surface area (Å²) >= 11 is 0. The van der Waals surface area contributed by atoms with Gasteiger partial charge in [0, 0.05) is 29.0 Å². The average molecular weight is 558 g/mol. The number of carbonyl (C=O) groups is 2. The van der Waals surface area contributed by atoms with Crippen LogP contribution in [0.4, 0.5) is 15.8 Å². The predicted octanol–water partition coefficient (Wildman–Crippen LogP) is 6.88. The zero-order valence-corrected chi connectivity index (χ0v) is 23.3. The molecular weight excluding hydrogens is 525 g/mol. The summed E-state index contributed by atoms with van der Waals surface area (Å²) in [5.74, 6) is 1.20. The van der Waals surface area contributed by atoms with Crippen LogP contribution in [0.3, 0.4) is 0 Å². The Labute approximate surface area is 237 Å². The maximum Gasteiger partial charge on any atom is 0.240 e. The third-order valence-electron chi connectivity index (χ3n) is 7.28. The normalized spacial score (nSPS) is 13.4. The molecule has 2 N–H and O–H groups in total. The van der Waals surface area contributed by atoms with E-state index < -0.39 is 17.1 Å². The lowest BCUT2D eigenvalue weighted by Gasteiger charge is -2.18. The molecule has 0 spiro atoms. The molecule has 0 bridgehead atoms. The van der Waals surface area contributed by atoms with Crippen LogP contribution in [0, 0.1) is 11.2 Å². The zero-order valence-electron chi connectivity index (χ0n) is 23.3. The van der Waals surface area contributed by atoms with E-state index in [1.807, 2.05) is 12.1 Å². The molecule has 2 amide bonds. The summed E-state index contributed by atoms with van der Waals surface area (Å²) in [5.41, 5.74) is 1.54. The number of halogens is 1. The van der Waals surface area contributed by atoms with Gasteiger partial charge in [0.25, 0.3) is 0 Å². The third-order valence-corrected chi connectivity index (χ3v) is 7.28. The van der Waals surface area contributed by atoms with Gasteiger partial charge in [-0.25, -0.2) is 4.39 Å². The fraction of sp³-hybridized carbons (Fsp3) is 0.281. The minimum atomic E-state index is -1.15. The van der Waals surface area contributed by atoms with Gasteiger partial charge in [-0.2, -0.15) is 0 Å². The lowest BCUT2D eigenvalue weighted by molar-refractivity contribution is -0.131. The lowest BCUT2D eigenvalue weighted by atomic mass is 10.0. The Morgan fingerprint density at radius 1 is 0.902 bits per heavy atom. The standard InChI is InChI=1S/C32H32FN3O5/c1-4-5-6-20-17-23(41-27-13-16-34-26-19-29(40-3)28(39-2)18-24(26)27)11-12-25(20)36-31(38)32(14-15-32)30(37)35-22-9-7-21(33)8-10-22/h7-13,16-19H,4-6,14-15H2,1-3H3,(H,35,37)(H,36,38). The highest BCUT2D eigenvalue weighted by atomic mass is 19.1. The summed E-state index contributed by atoms with van der Waals surface area (Å²) in [6.07, 6.45) is 5.17. The first-order valence-electron chi connectivity index (χ1n) is 13.6. The summed E-state index contributed by atoms with van der Waals surface area (Å²) in [5, 5.41) is 6.50. The molecule has 0 aliphatic heterocycles. The van der Waals surface area contributed by atoms with Gasteiger partial charge in [0.2, 0.25) is 11.8 Å². The molecule has 1 fully saturated rings. The highest BCUT2D eigenvalue weighted by Gasteiger charge is 2.56. The van der Waals surface area contributed by atoms with Crippen molar-refractivity contribution in [3.05, 3.63) is 78.2 Å². The van der Waals surface area contributed by atoms with Gasteiger partial charge in [-0.3, -0.25) is 14.6 Å². The molecule has 9 heteroatoms. The van der Waals surface area contributed by atoms with Crippen molar-refractivity contribution in [1.82, 2.24) is 4.98 Å². The number of amides is 2. The Hall–Kier alpha value is -4.66. The van der Waals surface area contributed by atoms with Crippen LogP contribution in [-0.2, 0) is 16.0 Å². The zero-order chi connectivity index (χ0) is 29.0. The quantitative estimate of drug-likeness (QED) is 0.195. The number of nitrogens with one attached hydrogen (secondary N) is 2. The number of anilines is 2. The van der Waals surface area contributed by atoms with Crippen LogP contribution in [0.15, 0.2) is 66.9 Å². The molecule has 0 radical (unpaired) electrons. The van der Waals surface area contributed by atoms with E-state index in [1.54, 1.807) is 44.7 Å². The van der Waals surface area contributed by atoms with Crippen molar-refractivity contribution in [2.75, 3.05) is 24.9 Å². The smallest absolute Gasteiger partial charge is 0.240 e. The Balaban J connectivity index is 1.37. The molecule has 5 rings (SSSR count). The fourth-order valence-corrected chi connectivity index (χ4v) is 4.70. The number of ether oxygens (including phenoxy) is 3. The van der Waals surface area contributed by atoms with Crippen LogP contribution in [-0.4, -0.2) is 31.0 Å². The Bertz CT molecular complexity index is 1580. The number of methoxy groups -OCH3 is 2. The average Bonchev–Trinajstić information content (AvgIpc) is 3.80. The number of rotatable bonds is 11. The Morgan fingerprint density at radius 3 is 2.29 bits per heavy atom. The highest BCUT2D eigenvalue weighted by molar-refractivity contribution is 6.17. The van der Waals surface area contributed by atoms with Gasteiger partial charge >= 0.3 is 0 Å². The van der Waals surface area contributed by atoms with Crippen molar-refractivity contribution >= 4 is 34.1 Å². The summed E-state index contributed by atoms with van der Waals surface area (Å²) in [6, 6.07) is 16.4. The van der Waals surface area contributed by atoms with E-state index >= 15 is 0 Å². The number of carbonyl (C=O) groups excluding carboxylic acids is 2. The predicted molar refractivity (Wildman–Crippen MR) is 155 cm³/mol. The van der Waals surface area contributed by atoms with Crippen molar-refractivity contribution in [1.29, 1.82) is 0 Å². The summed E-state index contributed by atoms with van der Waals surface area (Å²) in [6.45, 7) is 2.10. The molecule has 41 heavy (non-hydrogen) atoms. The van der Waals surface area contributed by atoms with Crippen molar-refractivity contribution in [3.8, 4) is 23.0 Å². The van der Waals surface area contributed by atoms with Crippen LogP contribution in [0.25, 0.3) is 10.9 Å². The summed E-state index contributed by atoms with van der Waals surface area (Å²) in [7, 11) is 3.15. The second-order valence-corrected chi connectivity index (χ2v) is 10.1. The van der Waals surface area contributed by atoms with Crippen LogP contribution < -0.4 is 24.8 Å². The molecular formula is C32H32FN3O5. The molecule has 1 aliphatic carbocycles. The molecule has 0 saturated heterocycles. The number of hydrogen-bond acceptors (Lipinski definition) is 6. The molecule has 8 nitrogen and oxygen atoms in total. The van der Waals surface area contributed by atoms with Crippen LogP contribution in [0.1, 0.15) is 38.2 Å². The SMILES string of the molecule is CCCCc1cc(Oc2ccnc3cc(OC)c(OC)cc23)ccc1NC(=O)C1(C(=O)Nc2ccc(F)cc2)CC1. The maximum atomic E-state index is 13.4. The van der Waals surface area contributed by atoms with E-state index in [0.29, 0.717) is 52.7 Å². The topological polar surface area (TPSA) is 98.8 Å². The van der Waals surface area contributed by atoms with E-state index in [1.165, 1.54) is 24.3 Å². The number of benzene rings is 3. The van der Waals surface area contributed by atoms with Gasteiger partial charge in [0.1, 0.15) is 22.7 Å². The van der Waals surface area contributed by atoms with E-state index in [9.17, 15) is 14.0 Å². The summed E-state index contributed by atoms with van der Waals surface area (Å²) in [4.78, 5) is 30.8. The van der Waals surface area contributed by atoms with Gasteiger partial charge in [0.05, 0.1) is 19.7 Å². The van der Waals surface area contributed by atoms with Crippen molar-refractivity contribution in [2.24, 2.45) is 5.41 Å². The Morgan fingerprint density at radius 2 is 1.61 bits per heavy atom. The van der Waals surface area contributed by atoms with Crippen molar-refractivity contribution in [2.45, 2.75) is 39.0 Å². The number of nitrogens with zero attached hydrogens (tertiary/aromatic N) is 1. The van der Waals surface area contributed by atoms with Gasteiger partial charge < -0.3 is 24.8 Å². The van der Waals surface area contributed by atoms with Gasteiger partial charge in [-0.15, -0.1) is 0 Å². The van der Waals surface area contributed by atoms with Crippen LogP contribution in [0.5, 0.6) is 23.0 Å². The van der Waals surface area contributed by atoms with Crippen LogP contribution in [0.2, 0.25) is 0 Å². The number of unbranched alkanes of at least 4 members (excludes halogenated alkanes) is 1. The first-order chi connectivity index (χ1) is 19.9. The number of fused-ring (bicyclic) bond motifs is 1. The molecule has 0 atom stereocenters. The third kappa shape index (κ3) is 5.94. The first kappa shape index (κ1) is 27.9. The Kier molecular flexibility index (Phi) is 8.05. The van der Waals surface area contributed by atoms with Gasteiger partial charge in [-0.05, 0) is 85.8 Å². The highest BCUT2D eigenvalue weighted by Crippen LogP contribution is 2.48. The number of hydrogen-bond donors (Lipinski definition) is 2. The summed E-state index contributed by atoms with van der Waals surface area (Å²) < 4.78 is 30.4. The fourth-order valence-electron chi connectivity index (χ4n) is 4.70. The van der Waals surface area contributed by atoms with E-state index in [-0.39, 0.29) is 5.91 Å². The number of pyridine rings is 1.